The number of rotatable bonds is 9. The van der Waals surface area contributed by atoms with Crippen LogP contribution in [0.25, 0.3) is 0 Å². The lowest BCUT2D eigenvalue weighted by molar-refractivity contribution is -0.171. The third kappa shape index (κ3) is 6.16. The molecule has 4 aliphatic carbocycles. The normalized spacial score (nSPS) is 38.6. The lowest BCUT2D eigenvalue weighted by Crippen LogP contribution is -2.57. The maximum Gasteiger partial charge on any atom is 0.302 e. The highest BCUT2D eigenvalue weighted by Crippen LogP contribution is 2.68. The molecule has 0 saturated heterocycles. The quantitative estimate of drug-likeness (QED) is 0.200. The Kier molecular flexibility index (Phi) is 9.47. The van der Waals surface area contributed by atoms with Gasteiger partial charge in [0.15, 0.2) is 0 Å². The maximum absolute atomic E-state index is 12.4. The Balaban J connectivity index is 1.71. The summed E-state index contributed by atoms with van der Waals surface area (Å²) in [5.74, 6) is 0.689. The third-order valence-electron chi connectivity index (χ3n) is 11.5. The van der Waals surface area contributed by atoms with E-state index in [4.69, 9.17) is 14.2 Å². The first-order chi connectivity index (χ1) is 19.2. The Morgan fingerprint density at radius 2 is 1.73 bits per heavy atom. The summed E-state index contributed by atoms with van der Waals surface area (Å²) >= 11 is 0. The summed E-state index contributed by atoms with van der Waals surface area (Å²) in [7, 11) is 0. The number of hydrogen-bond donors (Lipinski definition) is 1. The van der Waals surface area contributed by atoms with Crippen LogP contribution in [0.5, 0.6) is 0 Å². The number of fused-ring (bicyclic) bond motifs is 5. The second kappa shape index (κ2) is 12.2. The largest absolute Gasteiger partial charge is 0.465 e. The molecule has 3 fully saturated rings. The van der Waals surface area contributed by atoms with Gasteiger partial charge >= 0.3 is 17.9 Å². The van der Waals surface area contributed by atoms with E-state index in [1.165, 1.54) is 31.9 Å². The minimum absolute atomic E-state index is 0.0545. The van der Waals surface area contributed by atoms with Crippen LogP contribution in [0.15, 0.2) is 23.8 Å². The fourth-order valence-corrected chi connectivity index (χ4v) is 9.43. The van der Waals surface area contributed by atoms with Crippen LogP contribution >= 0.6 is 0 Å². The van der Waals surface area contributed by atoms with E-state index in [2.05, 4.69) is 40.3 Å². The van der Waals surface area contributed by atoms with Crippen molar-refractivity contribution in [2.24, 2.45) is 46.3 Å². The van der Waals surface area contributed by atoms with Crippen molar-refractivity contribution in [2.45, 2.75) is 118 Å². The van der Waals surface area contributed by atoms with Gasteiger partial charge in [-0.3, -0.25) is 14.4 Å². The van der Waals surface area contributed by atoms with Gasteiger partial charge < -0.3 is 19.3 Å². The second-order valence-electron chi connectivity index (χ2n) is 14.2. The molecular formula is C34H52O7. The smallest absolute Gasteiger partial charge is 0.302 e. The fourth-order valence-electron chi connectivity index (χ4n) is 9.43. The topological polar surface area (TPSA) is 99.1 Å². The zero-order chi connectivity index (χ0) is 30.3. The monoisotopic (exact) mass is 572 g/mol. The number of hydrogen-bond acceptors (Lipinski definition) is 7. The fraction of sp³-hybridized carbons (Fsp3) is 0.794. The van der Waals surface area contributed by atoms with Gasteiger partial charge in [-0.15, -0.1) is 0 Å². The minimum Gasteiger partial charge on any atom is -0.465 e. The molecule has 0 aromatic rings. The van der Waals surface area contributed by atoms with E-state index in [9.17, 15) is 19.5 Å². The number of aliphatic hydroxyl groups excluding tert-OH is 1. The van der Waals surface area contributed by atoms with Gasteiger partial charge in [0.05, 0.1) is 12.7 Å². The van der Waals surface area contributed by atoms with Crippen molar-refractivity contribution in [3.8, 4) is 0 Å². The summed E-state index contributed by atoms with van der Waals surface area (Å²) in [4.78, 5) is 36.5. The molecule has 1 N–H and O–H groups in total. The third-order valence-corrected chi connectivity index (χ3v) is 11.5. The molecule has 0 heterocycles. The molecule has 41 heavy (non-hydrogen) atoms. The Morgan fingerprint density at radius 3 is 2.34 bits per heavy atom. The average Bonchev–Trinajstić information content (AvgIpc) is 3.20. The molecule has 4 aliphatic rings. The number of allylic oxidation sites excluding steroid dienone is 2. The number of aliphatic hydroxyl groups is 1. The maximum atomic E-state index is 12.4. The molecule has 10 atom stereocenters. The van der Waals surface area contributed by atoms with Crippen molar-refractivity contribution in [3.05, 3.63) is 23.8 Å². The molecule has 4 unspecified atom stereocenters. The van der Waals surface area contributed by atoms with Crippen LogP contribution in [-0.2, 0) is 28.6 Å². The number of ether oxygens (including phenoxy) is 3. The Bertz CT molecular complexity index is 1060. The highest BCUT2D eigenvalue weighted by Gasteiger charge is 2.66. The first-order valence-electron chi connectivity index (χ1n) is 15.7. The van der Waals surface area contributed by atoms with Crippen LogP contribution in [0.4, 0.5) is 0 Å². The lowest BCUT2D eigenvalue weighted by Gasteiger charge is -2.59. The van der Waals surface area contributed by atoms with Gasteiger partial charge in [-0.05, 0) is 86.4 Å². The van der Waals surface area contributed by atoms with Crippen LogP contribution in [-0.4, -0.2) is 47.9 Å². The van der Waals surface area contributed by atoms with E-state index < -0.39 is 12.2 Å². The van der Waals surface area contributed by atoms with Crippen molar-refractivity contribution in [1.29, 1.82) is 0 Å². The Morgan fingerprint density at radius 1 is 1.07 bits per heavy atom. The average molecular weight is 573 g/mol. The molecule has 4 rings (SSSR count). The molecule has 0 amide bonds. The van der Waals surface area contributed by atoms with Crippen molar-refractivity contribution < 1.29 is 33.7 Å². The Labute approximate surface area is 246 Å². The number of esters is 3. The van der Waals surface area contributed by atoms with Gasteiger partial charge in [-0.2, -0.15) is 0 Å². The first-order valence-corrected chi connectivity index (χ1v) is 15.7. The zero-order valence-corrected chi connectivity index (χ0v) is 26.2. The van der Waals surface area contributed by atoms with E-state index in [0.717, 1.165) is 38.5 Å². The van der Waals surface area contributed by atoms with Crippen LogP contribution < -0.4 is 0 Å². The van der Waals surface area contributed by atoms with Crippen LogP contribution in [0.2, 0.25) is 0 Å². The van der Waals surface area contributed by atoms with Gasteiger partial charge in [0.1, 0.15) is 12.2 Å². The summed E-state index contributed by atoms with van der Waals surface area (Å²) in [6.45, 7) is 17.9. The van der Waals surface area contributed by atoms with E-state index in [1.807, 2.05) is 0 Å². The summed E-state index contributed by atoms with van der Waals surface area (Å²) in [5.41, 5.74) is 1.99. The molecule has 3 saturated carbocycles. The van der Waals surface area contributed by atoms with E-state index >= 15 is 0 Å². The van der Waals surface area contributed by atoms with Crippen molar-refractivity contribution >= 4 is 17.9 Å². The van der Waals surface area contributed by atoms with Crippen molar-refractivity contribution in [1.82, 2.24) is 0 Å². The standard InChI is InChI=1S/C34H52O7/c1-19(2)20(3)9-10-21(4)28-16-30(40-23(6)36)32-26-12-11-25-15-29(38)31(41-24(7)37)17-33(25,8)27(26)13-14-34(28,32)18-39-22(5)35/h11,19,21,26-32,38H,3,9-10,12-18H2,1-2,4-8H3/t21?,26?,27?,28-,29+,30-,31-,32?,33+,34+/m1/s1. The predicted molar refractivity (Wildman–Crippen MR) is 156 cm³/mol. The molecule has 0 aromatic carbocycles. The van der Waals surface area contributed by atoms with E-state index in [0.29, 0.717) is 31.3 Å². The first kappa shape index (κ1) is 31.8. The van der Waals surface area contributed by atoms with Crippen molar-refractivity contribution in [2.75, 3.05) is 6.61 Å². The second-order valence-corrected chi connectivity index (χ2v) is 14.2. The van der Waals surface area contributed by atoms with Crippen LogP contribution in [0.1, 0.15) is 99.8 Å². The molecule has 0 aliphatic heterocycles. The molecule has 0 radical (unpaired) electrons. The van der Waals surface area contributed by atoms with Gasteiger partial charge in [0.2, 0.25) is 0 Å². The summed E-state index contributed by atoms with van der Waals surface area (Å²) in [6.07, 6.45) is 7.32. The zero-order valence-electron chi connectivity index (χ0n) is 26.2. The molecule has 0 bridgehead atoms. The van der Waals surface area contributed by atoms with Crippen LogP contribution in [0, 0.1) is 46.3 Å². The predicted octanol–water partition coefficient (Wildman–Crippen LogP) is 6.18. The van der Waals surface area contributed by atoms with E-state index in [1.54, 1.807) is 0 Å². The van der Waals surface area contributed by atoms with Gasteiger partial charge in [0, 0.05) is 32.1 Å². The number of carbonyl (C=O) groups is 3. The highest BCUT2D eigenvalue weighted by molar-refractivity contribution is 5.67. The van der Waals surface area contributed by atoms with Gasteiger partial charge in [-0.1, -0.05) is 51.5 Å². The molecule has 7 nitrogen and oxygen atoms in total. The number of carbonyl (C=O) groups excluding carboxylic acids is 3. The molecule has 230 valence electrons. The summed E-state index contributed by atoms with van der Waals surface area (Å²) in [5, 5.41) is 10.8. The summed E-state index contributed by atoms with van der Waals surface area (Å²) < 4.78 is 17.6. The molecule has 0 spiro atoms. The van der Waals surface area contributed by atoms with Gasteiger partial charge in [-0.25, -0.2) is 0 Å². The minimum atomic E-state index is -0.701. The van der Waals surface area contributed by atoms with E-state index in [-0.39, 0.29) is 58.5 Å². The molecular weight excluding hydrogens is 520 g/mol. The highest BCUT2D eigenvalue weighted by atomic mass is 16.6. The SMILES string of the molecule is C=C(CCC(C)[C@H]1C[C@@H](OC(C)=O)C2C3CC=C4C[C@H](O)[C@H](OC(C)=O)C[C@]4(C)C3CC[C@@]21COC(C)=O)C(C)C. The molecule has 7 heteroatoms. The molecule has 0 aromatic heterocycles. The lowest BCUT2D eigenvalue weighted by atomic mass is 9.46. The summed E-state index contributed by atoms with van der Waals surface area (Å²) in [6, 6.07) is 0. The van der Waals surface area contributed by atoms with Crippen LogP contribution in [0.3, 0.4) is 0 Å². The van der Waals surface area contributed by atoms with Crippen molar-refractivity contribution in [3.63, 3.8) is 0 Å². The van der Waals surface area contributed by atoms with Gasteiger partial charge in [0.25, 0.3) is 0 Å². The Hall–Kier alpha value is -2.15.